The summed E-state index contributed by atoms with van der Waals surface area (Å²) < 4.78 is 0. The third-order valence-electron chi connectivity index (χ3n) is 4.18. The van der Waals surface area contributed by atoms with Crippen LogP contribution >= 0.6 is 12.2 Å². The molecule has 3 aromatic rings. The van der Waals surface area contributed by atoms with Crippen molar-refractivity contribution in [1.82, 2.24) is 5.32 Å². The number of thiocarbonyl (C=S) groups is 1. The highest BCUT2D eigenvalue weighted by molar-refractivity contribution is 7.80. The molecule has 0 fully saturated rings. The molecule has 0 spiro atoms. The first-order valence-corrected chi connectivity index (χ1v) is 8.84. The lowest BCUT2D eigenvalue weighted by Crippen LogP contribution is -2.32. The minimum atomic E-state index is 0.250. The van der Waals surface area contributed by atoms with Gasteiger partial charge >= 0.3 is 0 Å². The number of nitrogens with one attached hydrogen (secondary N) is 2. The highest BCUT2D eigenvalue weighted by atomic mass is 32.1. The van der Waals surface area contributed by atoms with Crippen molar-refractivity contribution in [2.24, 2.45) is 0 Å². The summed E-state index contributed by atoms with van der Waals surface area (Å²) in [5, 5.41) is 7.25. The van der Waals surface area contributed by atoms with Crippen LogP contribution in [0, 0.1) is 6.92 Å². The molecule has 3 aromatic carbocycles. The van der Waals surface area contributed by atoms with Crippen molar-refractivity contribution >= 4 is 23.0 Å². The molecule has 2 nitrogen and oxygen atoms in total. The second-order valence-corrected chi connectivity index (χ2v) is 6.48. The first-order valence-electron chi connectivity index (χ1n) is 8.44. The summed E-state index contributed by atoms with van der Waals surface area (Å²) >= 11 is 5.46. The van der Waals surface area contributed by atoms with Crippen LogP contribution in [-0.4, -0.2) is 11.7 Å². The second-order valence-electron chi connectivity index (χ2n) is 6.08. The van der Waals surface area contributed by atoms with Crippen molar-refractivity contribution in [3.8, 4) is 0 Å². The Balaban J connectivity index is 1.68. The van der Waals surface area contributed by atoms with Gasteiger partial charge in [-0.15, -0.1) is 0 Å². The van der Waals surface area contributed by atoms with Crippen LogP contribution in [0.15, 0.2) is 84.9 Å². The fraction of sp³-hybridized carbons (Fsp3) is 0.136. The maximum atomic E-state index is 5.46. The quantitative estimate of drug-likeness (QED) is 0.628. The monoisotopic (exact) mass is 346 g/mol. The highest BCUT2D eigenvalue weighted by Gasteiger charge is 2.14. The number of hydrogen-bond acceptors (Lipinski definition) is 1. The Morgan fingerprint density at radius 2 is 1.32 bits per heavy atom. The van der Waals surface area contributed by atoms with Crippen LogP contribution in [0.25, 0.3) is 0 Å². The Labute approximate surface area is 154 Å². The molecular weight excluding hydrogens is 324 g/mol. The van der Waals surface area contributed by atoms with Gasteiger partial charge in [-0.25, -0.2) is 0 Å². The van der Waals surface area contributed by atoms with E-state index in [1.165, 1.54) is 16.7 Å². The molecule has 0 aliphatic carbocycles. The smallest absolute Gasteiger partial charge is 0.170 e. The van der Waals surface area contributed by atoms with E-state index in [0.29, 0.717) is 5.11 Å². The molecule has 0 atom stereocenters. The first kappa shape index (κ1) is 17.2. The summed E-state index contributed by atoms with van der Waals surface area (Å²) in [5.74, 6) is 0.250. The lowest BCUT2D eigenvalue weighted by Gasteiger charge is -2.20. The van der Waals surface area contributed by atoms with E-state index in [1.54, 1.807) is 0 Å². The molecule has 0 aliphatic heterocycles. The molecule has 0 heterocycles. The summed E-state index contributed by atoms with van der Waals surface area (Å²) in [7, 11) is 0. The zero-order chi connectivity index (χ0) is 17.5. The number of anilines is 1. The average Bonchev–Trinajstić information content (AvgIpc) is 2.66. The highest BCUT2D eigenvalue weighted by Crippen LogP contribution is 2.23. The molecule has 3 rings (SSSR count). The number of rotatable bonds is 5. The lowest BCUT2D eigenvalue weighted by atomic mass is 9.91. The standard InChI is InChI=1S/C22H22N2S/c1-17-12-14-20(15-13-17)24-22(25)23-16-21(18-8-4-2-5-9-18)19-10-6-3-7-11-19/h2-15,21H,16H2,1H3,(H2,23,24,25). The summed E-state index contributed by atoms with van der Waals surface area (Å²) in [6, 6.07) is 29.3. The molecule has 0 aromatic heterocycles. The average molecular weight is 346 g/mol. The van der Waals surface area contributed by atoms with Gasteiger partial charge in [0.2, 0.25) is 0 Å². The minimum Gasteiger partial charge on any atom is -0.361 e. The first-order chi connectivity index (χ1) is 12.2. The molecule has 2 N–H and O–H groups in total. The molecule has 3 heteroatoms. The summed E-state index contributed by atoms with van der Waals surface area (Å²) in [4.78, 5) is 0. The van der Waals surface area contributed by atoms with E-state index < -0.39 is 0 Å². The van der Waals surface area contributed by atoms with E-state index in [-0.39, 0.29) is 5.92 Å². The summed E-state index contributed by atoms with van der Waals surface area (Å²) in [6.07, 6.45) is 0. The molecule has 0 amide bonds. The van der Waals surface area contributed by atoms with E-state index in [1.807, 2.05) is 24.3 Å². The van der Waals surface area contributed by atoms with Gasteiger partial charge in [0.15, 0.2) is 5.11 Å². The lowest BCUT2D eigenvalue weighted by molar-refractivity contribution is 0.761. The Bertz CT molecular complexity index is 759. The largest absolute Gasteiger partial charge is 0.361 e. The minimum absolute atomic E-state index is 0.250. The van der Waals surface area contributed by atoms with Crippen LogP contribution in [0.3, 0.4) is 0 Å². The predicted octanol–water partition coefficient (Wildman–Crippen LogP) is 5.11. The number of hydrogen-bond donors (Lipinski definition) is 2. The van der Waals surface area contributed by atoms with Crippen molar-refractivity contribution in [3.63, 3.8) is 0 Å². The van der Waals surface area contributed by atoms with E-state index in [9.17, 15) is 0 Å². The van der Waals surface area contributed by atoms with Gasteiger partial charge < -0.3 is 10.6 Å². The molecule has 0 radical (unpaired) electrons. The van der Waals surface area contributed by atoms with E-state index in [4.69, 9.17) is 12.2 Å². The molecule has 0 saturated carbocycles. The zero-order valence-electron chi connectivity index (χ0n) is 14.3. The Morgan fingerprint density at radius 1 is 0.800 bits per heavy atom. The van der Waals surface area contributed by atoms with Crippen molar-refractivity contribution in [1.29, 1.82) is 0 Å². The van der Waals surface area contributed by atoms with Crippen LogP contribution in [0.1, 0.15) is 22.6 Å². The van der Waals surface area contributed by atoms with Crippen molar-refractivity contribution < 1.29 is 0 Å². The SMILES string of the molecule is Cc1ccc(NC(=S)NCC(c2ccccc2)c2ccccc2)cc1. The fourth-order valence-electron chi connectivity index (χ4n) is 2.81. The number of benzene rings is 3. The van der Waals surface area contributed by atoms with E-state index >= 15 is 0 Å². The van der Waals surface area contributed by atoms with Crippen LogP contribution in [0.2, 0.25) is 0 Å². The Kier molecular flexibility index (Phi) is 5.81. The predicted molar refractivity (Wildman–Crippen MR) is 110 cm³/mol. The Morgan fingerprint density at radius 3 is 1.84 bits per heavy atom. The molecule has 0 aliphatic rings. The van der Waals surface area contributed by atoms with Crippen molar-refractivity contribution in [2.75, 3.05) is 11.9 Å². The van der Waals surface area contributed by atoms with Gasteiger partial charge in [-0.1, -0.05) is 78.4 Å². The van der Waals surface area contributed by atoms with Crippen LogP contribution in [0.4, 0.5) is 5.69 Å². The van der Waals surface area contributed by atoms with Crippen LogP contribution in [0.5, 0.6) is 0 Å². The van der Waals surface area contributed by atoms with Crippen LogP contribution in [-0.2, 0) is 0 Å². The summed E-state index contributed by atoms with van der Waals surface area (Å²) in [5.41, 5.74) is 4.79. The summed E-state index contributed by atoms with van der Waals surface area (Å²) in [6.45, 7) is 2.82. The normalized spacial score (nSPS) is 10.5. The van der Waals surface area contributed by atoms with Gasteiger partial charge in [-0.3, -0.25) is 0 Å². The molecular formula is C22H22N2S. The van der Waals surface area contributed by atoms with Gasteiger partial charge in [0.1, 0.15) is 0 Å². The second kappa shape index (κ2) is 8.45. The zero-order valence-corrected chi connectivity index (χ0v) is 15.1. The molecule has 0 bridgehead atoms. The van der Waals surface area contributed by atoms with E-state index in [0.717, 1.165) is 12.2 Å². The van der Waals surface area contributed by atoms with Crippen molar-refractivity contribution in [2.45, 2.75) is 12.8 Å². The van der Waals surface area contributed by atoms with Gasteiger partial charge in [0.25, 0.3) is 0 Å². The maximum Gasteiger partial charge on any atom is 0.170 e. The van der Waals surface area contributed by atoms with Gasteiger partial charge in [-0.2, -0.15) is 0 Å². The third kappa shape index (κ3) is 4.91. The number of aryl methyl sites for hydroxylation is 1. The van der Waals surface area contributed by atoms with E-state index in [2.05, 4.69) is 78.2 Å². The molecule has 0 saturated heterocycles. The van der Waals surface area contributed by atoms with Crippen LogP contribution < -0.4 is 10.6 Å². The molecule has 126 valence electrons. The maximum absolute atomic E-state index is 5.46. The third-order valence-corrected chi connectivity index (χ3v) is 4.43. The van der Waals surface area contributed by atoms with Crippen molar-refractivity contribution in [3.05, 3.63) is 102 Å². The van der Waals surface area contributed by atoms with Gasteiger partial charge in [-0.05, 0) is 42.4 Å². The molecule has 25 heavy (non-hydrogen) atoms. The van der Waals surface area contributed by atoms with Gasteiger partial charge in [0, 0.05) is 18.2 Å². The molecule has 0 unspecified atom stereocenters. The topological polar surface area (TPSA) is 24.1 Å². The van der Waals surface area contributed by atoms with Gasteiger partial charge in [0.05, 0.1) is 0 Å². The Hall–Kier alpha value is -2.65. The fourth-order valence-corrected chi connectivity index (χ4v) is 3.01.